The summed E-state index contributed by atoms with van der Waals surface area (Å²) in [6.07, 6.45) is -0.0912. The van der Waals surface area contributed by atoms with E-state index < -0.39 is 52.7 Å². The maximum absolute atomic E-state index is 13.8. The van der Waals surface area contributed by atoms with Crippen molar-refractivity contribution in [3.8, 4) is 0 Å². The van der Waals surface area contributed by atoms with Gasteiger partial charge in [-0.1, -0.05) is 13.8 Å². The molecule has 1 saturated heterocycles. The van der Waals surface area contributed by atoms with E-state index in [1.54, 1.807) is 0 Å². The van der Waals surface area contributed by atoms with Gasteiger partial charge in [-0.25, -0.2) is 0 Å². The first-order valence-corrected chi connectivity index (χ1v) is 11.5. The SMILES string of the molecule is COC(=O)[C@@H]1C[C@H](OC(C)=O)C(=O)[C@H]2[C@@]1(C)CC[C@H]1C(=O)O[C@H](c3cc(C)oc3C)C[C@]21C. The quantitative estimate of drug-likeness (QED) is 0.497. The number of Topliss-reactive ketones (excluding diaryl/α,β-unsaturated/α-hetero) is 1. The number of rotatable bonds is 3. The van der Waals surface area contributed by atoms with Crippen LogP contribution < -0.4 is 0 Å². The van der Waals surface area contributed by atoms with Crippen LogP contribution in [0.15, 0.2) is 10.5 Å². The van der Waals surface area contributed by atoms with Crippen molar-refractivity contribution >= 4 is 23.7 Å². The highest BCUT2D eigenvalue weighted by molar-refractivity contribution is 5.93. The molecule has 2 heterocycles. The highest BCUT2D eigenvalue weighted by Crippen LogP contribution is 2.65. The Bertz CT molecular complexity index is 1010. The molecular weight excluding hydrogens is 428 g/mol. The second-order valence-corrected chi connectivity index (χ2v) is 10.3. The van der Waals surface area contributed by atoms with Crippen LogP contribution in [0.4, 0.5) is 0 Å². The number of esters is 3. The summed E-state index contributed by atoms with van der Waals surface area (Å²) in [6.45, 7) is 8.78. The number of furan rings is 1. The third-order valence-electron chi connectivity index (χ3n) is 8.32. The Kier molecular flexibility index (Phi) is 5.69. The molecule has 3 aliphatic rings. The number of fused-ring (bicyclic) bond motifs is 3. The number of hydrogen-bond acceptors (Lipinski definition) is 8. The fraction of sp³-hybridized carbons (Fsp3) is 0.680. The van der Waals surface area contributed by atoms with Gasteiger partial charge in [0.05, 0.1) is 18.9 Å². The highest BCUT2D eigenvalue weighted by Gasteiger charge is 2.67. The lowest BCUT2D eigenvalue weighted by atomic mass is 9.43. The molecule has 33 heavy (non-hydrogen) atoms. The van der Waals surface area contributed by atoms with Crippen molar-refractivity contribution < 1.29 is 37.8 Å². The fourth-order valence-electron chi connectivity index (χ4n) is 6.96. The molecule has 7 atom stereocenters. The molecule has 8 nitrogen and oxygen atoms in total. The van der Waals surface area contributed by atoms with E-state index in [0.717, 1.165) is 5.56 Å². The predicted molar refractivity (Wildman–Crippen MR) is 115 cm³/mol. The second-order valence-electron chi connectivity index (χ2n) is 10.3. The molecule has 1 aromatic rings. The summed E-state index contributed by atoms with van der Waals surface area (Å²) in [7, 11) is 1.32. The topological polar surface area (TPSA) is 109 Å². The van der Waals surface area contributed by atoms with Crippen LogP contribution >= 0.6 is 0 Å². The van der Waals surface area contributed by atoms with Gasteiger partial charge in [0, 0.05) is 24.8 Å². The number of carbonyl (C=O) groups is 4. The average molecular weight is 461 g/mol. The predicted octanol–water partition coefficient (Wildman–Crippen LogP) is 3.62. The van der Waals surface area contributed by atoms with Crippen LogP contribution in [-0.4, -0.2) is 36.9 Å². The van der Waals surface area contributed by atoms with Crippen molar-refractivity contribution in [1.29, 1.82) is 0 Å². The second kappa shape index (κ2) is 7.99. The molecule has 0 radical (unpaired) electrons. The third kappa shape index (κ3) is 3.58. The normalized spacial score (nSPS) is 38.1. The lowest BCUT2D eigenvalue weighted by Crippen LogP contribution is -2.64. The Morgan fingerprint density at radius 3 is 2.42 bits per heavy atom. The number of ether oxygens (including phenoxy) is 3. The minimum absolute atomic E-state index is 0.0900. The minimum atomic E-state index is -1.05. The van der Waals surface area contributed by atoms with E-state index in [0.29, 0.717) is 30.8 Å². The summed E-state index contributed by atoms with van der Waals surface area (Å²) in [5.74, 6) is -1.97. The number of carbonyl (C=O) groups excluding carboxylic acids is 4. The van der Waals surface area contributed by atoms with E-state index in [2.05, 4.69) is 0 Å². The van der Waals surface area contributed by atoms with E-state index in [9.17, 15) is 19.2 Å². The van der Waals surface area contributed by atoms with E-state index in [1.165, 1.54) is 14.0 Å². The minimum Gasteiger partial charge on any atom is -0.469 e. The summed E-state index contributed by atoms with van der Waals surface area (Å²) in [5, 5.41) is 0. The van der Waals surface area contributed by atoms with Gasteiger partial charge in [0.25, 0.3) is 0 Å². The molecule has 0 unspecified atom stereocenters. The van der Waals surface area contributed by atoms with E-state index >= 15 is 0 Å². The zero-order valence-electron chi connectivity index (χ0n) is 20.1. The molecule has 1 aliphatic heterocycles. The van der Waals surface area contributed by atoms with E-state index in [4.69, 9.17) is 18.6 Å². The van der Waals surface area contributed by atoms with Crippen LogP contribution in [0.2, 0.25) is 0 Å². The number of ketones is 1. The van der Waals surface area contributed by atoms with Crippen molar-refractivity contribution in [1.82, 2.24) is 0 Å². The Morgan fingerprint density at radius 2 is 1.85 bits per heavy atom. The number of cyclic esters (lactones) is 1. The fourth-order valence-corrected chi connectivity index (χ4v) is 6.96. The molecule has 2 saturated carbocycles. The molecular formula is C25H32O8. The highest BCUT2D eigenvalue weighted by atomic mass is 16.6. The van der Waals surface area contributed by atoms with Gasteiger partial charge in [-0.2, -0.15) is 0 Å². The van der Waals surface area contributed by atoms with Crippen LogP contribution in [0.1, 0.15) is 69.6 Å². The molecule has 8 heteroatoms. The Morgan fingerprint density at radius 1 is 1.15 bits per heavy atom. The first-order valence-electron chi connectivity index (χ1n) is 11.5. The molecule has 0 amide bonds. The van der Waals surface area contributed by atoms with Gasteiger partial charge in [-0.3, -0.25) is 19.2 Å². The summed E-state index contributed by atoms with van der Waals surface area (Å²) in [5.41, 5.74) is -0.723. The first kappa shape index (κ1) is 23.5. The molecule has 1 aromatic heterocycles. The van der Waals surface area contributed by atoms with Gasteiger partial charge < -0.3 is 18.6 Å². The zero-order chi connectivity index (χ0) is 24.3. The number of aryl methyl sites for hydroxylation is 2. The van der Waals surface area contributed by atoms with Crippen molar-refractivity contribution in [2.75, 3.05) is 7.11 Å². The molecule has 3 fully saturated rings. The van der Waals surface area contributed by atoms with Crippen molar-refractivity contribution in [2.45, 2.75) is 72.5 Å². The Labute approximate surface area is 193 Å². The van der Waals surface area contributed by atoms with E-state index in [1.807, 2.05) is 33.8 Å². The maximum atomic E-state index is 13.8. The maximum Gasteiger partial charge on any atom is 0.310 e. The van der Waals surface area contributed by atoms with Crippen LogP contribution in [0.25, 0.3) is 0 Å². The van der Waals surface area contributed by atoms with Gasteiger partial charge in [0.1, 0.15) is 17.6 Å². The molecule has 0 N–H and O–H groups in total. The standard InChI is InChI=1S/C25H32O8/c1-12-9-15(13(2)31-12)19-11-25(5)16(23(29)33-19)7-8-24(4)17(22(28)30-6)10-18(32-14(3)26)20(27)21(24)25/h9,16-19,21H,7-8,10-11H2,1-6H3/t16-,17-,18-,19-,21-,24-,25-/m0/s1. The molecule has 0 bridgehead atoms. The molecule has 180 valence electrons. The van der Waals surface area contributed by atoms with Crippen LogP contribution in [0.5, 0.6) is 0 Å². The van der Waals surface area contributed by atoms with E-state index in [-0.39, 0.29) is 18.2 Å². The lowest BCUT2D eigenvalue weighted by Gasteiger charge is -2.61. The van der Waals surface area contributed by atoms with Gasteiger partial charge in [0.15, 0.2) is 11.9 Å². The summed E-state index contributed by atoms with van der Waals surface area (Å²) in [6, 6.07) is 1.86. The lowest BCUT2D eigenvalue weighted by molar-refractivity contribution is -0.210. The van der Waals surface area contributed by atoms with Crippen molar-refractivity contribution in [3.05, 3.63) is 23.2 Å². The average Bonchev–Trinajstić information content (AvgIpc) is 3.06. The molecule has 0 aromatic carbocycles. The summed E-state index contributed by atoms with van der Waals surface area (Å²) >= 11 is 0. The van der Waals surface area contributed by atoms with Crippen LogP contribution in [0.3, 0.4) is 0 Å². The zero-order valence-corrected chi connectivity index (χ0v) is 20.1. The summed E-state index contributed by atoms with van der Waals surface area (Å²) < 4.78 is 22.0. The van der Waals surface area contributed by atoms with Crippen LogP contribution in [-0.2, 0) is 33.4 Å². The monoisotopic (exact) mass is 460 g/mol. The molecule has 0 spiro atoms. The largest absolute Gasteiger partial charge is 0.469 e. The first-order chi connectivity index (χ1) is 15.4. The van der Waals surface area contributed by atoms with Gasteiger partial charge >= 0.3 is 17.9 Å². The molecule has 2 aliphatic carbocycles. The third-order valence-corrected chi connectivity index (χ3v) is 8.32. The smallest absolute Gasteiger partial charge is 0.310 e. The number of methoxy groups -OCH3 is 1. The Balaban J connectivity index is 1.80. The molecule has 4 rings (SSSR count). The van der Waals surface area contributed by atoms with Gasteiger partial charge in [0.2, 0.25) is 0 Å². The summed E-state index contributed by atoms with van der Waals surface area (Å²) in [4.78, 5) is 51.7. The van der Waals surface area contributed by atoms with Crippen molar-refractivity contribution in [3.63, 3.8) is 0 Å². The Hall–Kier alpha value is -2.64. The van der Waals surface area contributed by atoms with Gasteiger partial charge in [-0.15, -0.1) is 0 Å². The van der Waals surface area contributed by atoms with Gasteiger partial charge in [-0.05, 0) is 50.0 Å². The number of hydrogen-bond donors (Lipinski definition) is 0. The van der Waals surface area contributed by atoms with Crippen LogP contribution in [0, 0.1) is 42.4 Å². The van der Waals surface area contributed by atoms with Crippen molar-refractivity contribution in [2.24, 2.45) is 28.6 Å².